The molecule has 0 radical (unpaired) electrons. The molecule has 24 heavy (non-hydrogen) atoms. The van der Waals surface area contributed by atoms with Crippen LogP contribution in [0.4, 0.5) is 5.69 Å². The highest BCUT2D eigenvalue weighted by atomic mass is 127. The normalized spacial score (nSPS) is 12.8. The van der Waals surface area contributed by atoms with Gasteiger partial charge in [-0.1, -0.05) is 19.1 Å². The Morgan fingerprint density at radius 1 is 1.42 bits per heavy atom. The Labute approximate surface area is 161 Å². The minimum atomic E-state index is 0. The van der Waals surface area contributed by atoms with Gasteiger partial charge in [-0.05, 0) is 38.2 Å². The van der Waals surface area contributed by atoms with Gasteiger partial charge in [0.25, 0.3) is 0 Å². The molecule has 0 aliphatic rings. The summed E-state index contributed by atoms with van der Waals surface area (Å²) in [7, 11) is 5.97. The summed E-state index contributed by atoms with van der Waals surface area (Å²) in [4.78, 5) is 6.60. The van der Waals surface area contributed by atoms with Gasteiger partial charge in [0.1, 0.15) is 0 Å². The van der Waals surface area contributed by atoms with Crippen LogP contribution in [0.5, 0.6) is 0 Å². The number of guanidine groups is 1. The van der Waals surface area contributed by atoms with Crippen molar-refractivity contribution in [1.29, 1.82) is 0 Å². The van der Waals surface area contributed by atoms with E-state index >= 15 is 0 Å². The lowest BCUT2D eigenvalue weighted by Crippen LogP contribution is -2.27. The number of anilines is 1. The number of aromatic nitrogens is 2. The summed E-state index contributed by atoms with van der Waals surface area (Å²) >= 11 is 0. The van der Waals surface area contributed by atoms with Gasteiger partial charge < -0.3 is 16.0 Å². The summed E-state index contributed by atoms with van der Waals surface area (Å²) in [6.07, 6.45) is 4.87. The lowest BCUT2D eigenvalue weighted by Gasteiger charge is -2.21. The number of aliphatic imine (C=N–C) groups is 1. The van der Waals surface area contributed by atoms with E-state index in [-0.39, 0.29) is 30.0 Å². The van der Waals surface area contributed by atoms with E-state index < -0.39 is 0 Å². The number of nitrogens with two attached hydrogens (primary N) is 1. The largest absolute Gasteiger partial charge is 0.370 e. The maximum Gasteiger partial charge on any atom is 0.193 e. The molecule has 0 amide bonds. The predicted molar refractivity (Wildman–Crippen MR) is 111 cm³/mol. The third-order valence-corrected chi connectivity index (χ3v) is 3.78. The fourth-order valence-electron chi connectivity index (χ4n) is 2.42. The van der Waals surface area contributed by atoms with Crippen molar-refractivity contribution in [3.63, 3.8) is 0 Å². The Kier molecular flexibility index (Phi) is 8.20. The summed E-state index contributed by atoms with van der Waals surface area (Å²) < 4.78 is 1.80. The van der Waals surface area contributed by atoms with Crippen LogP contribution in [-0.2, 0) is 13.5 Å². The number of likely N-dealkylation sites (N-methyl/N-ethyl adjacent to an activating group) is 1. The van der Waals surface area contributed by atoms with Crippen molar-refractivity contribution < 1.29 is 0 Å². The SMILES string of the molecule is CCc1cccc(NC(N)=NCC(c2cnn(C)c2)N(C)C)c1.I. The highest BCUT2D eigenvalue weighted by Gasteiger charge is 2.15. The molecule has 2 rings (SSSR count). The number of nitrogens with zero attached hydrogens (tertiary/aromatic N) is 4. The van der Waals surface area contributed by atoms with Crippen LogP contribution in [0.15, 0.2) is 41.7 Å². The number of rotatable bonds is 6. The molecule has 2 aromatic rings. The average molecular weight is 442 g/mol. The van der Waals surface area contributed by atoms with Crippen molar-refractivity contribution in [3.05, 3.63) is 47.8 Å². The summed E-state index contributed by atoms with van der Waals surface area (Å²) in [5.41, 5.74) is 9.39. The van der Waals surface area contributed by atoms with E-state index in [0.717, 1.165) is 17.7 Å². The first-order valence-corrected chi connectivity index (χ1v) is 7.80. The minimum Gasteiger partial charge on any atom is -0.370 e. The number of nitrogens with one attached hydrogen (secondary N) is 1. The quantitative estimate of drug-likeness (QED) is 0.410. The van der Waals surface area contributed by atoms with Gasteiger partial charge in [-0.15, -0.1) is 24.0 Å². The second kappa shape index (κ2) is 9.63. The first kappa shape index (κ1) is 20.4. The van der Waals surface area contributed by atoms with E-state index in [4.69, 9.17) is 5.73 Å². The number of halogens is 1. The summed E-state index contributed by atoms with van der Waals surface area (Å²) in [6.45, 7) is 2.71. The van der Waals surface area contributed by atoms with Gasteiger partial charge in [0.05, 0.1) is 18.8 Å². The van der Waals surface area contributed by atoms with E-state index in [1.807, 2.05) is 45.7 Å². The van der Waals surface area contributed by atoms with Crippen LogP contribution in [0.1, 0.15) is 24.1 Å². The zero-order chi connectivity index (χ0) is 16.8. The van der Waals surface area contributed by atoms with Crippen LogP contribution in [0.3, 0.4) is 0 Å². The molecule has 0 saturated carbocycles. The molecule has 3 N–H and O–H groups in total. The highest BCUT2D eigenvalue weighted by Crippen LogP contribution is 2.17. The Balaban J connectivity index is 0.00000288. The molecule has 7 heteroatoms. The zero-order valence-electron chi connectivity index (χ0n) is 14.7. The third kappa shape index (κ3) is 5.79. The van der Waals surface area contributed by atoms with Crippen molar-refractivity contribution in [3.8, 4) is 0 Å². The lowest BCUT2D eigenvalue weighted by molar-refractivity contribution is 0.306. The fraction of sp³-hybridized carbons (Fsp3) is 0.412. The Morgan fingerprint density at radius 3 is 2.75 bits per heavy atom. The van der Waals surface area contributed by atoms with E-state index in [1.165, 1.54) is 5.56 Å². The van der Waals surface area contributed by atoms with Crippen LogP contribution in [0, 0.1) is 0 Å². The standard InChI is InChI=1S/C17H26N6.HI/c1-5-13-7-6-8-15(9-13)21-17(18)19-11-16(22(2)3)14-10-20-23(4)12-14;/h6-10,12,16H,5,11H2,1-4H3,(H3,18,19,21);1H. The van der Waals surface area contributed by atoms with E-state index in [1.54, 1.807) is 4.68 Å². The van der Waals surface area contributed by atoms with Crippen LogP contribution in [-0.4, -0.2) is 41.3 Å². The van der Waals surface area contributed by atoms with Gasteiger partial charge in [0.15, 0.2) is 5.96 Å². The predicted octanol–water partition coefficient (Wildman–Crippen LogP) is 2.63. The molecule has 1 unspecified atom stereocenters. The van der Waals surface area contributed by atoms with Crippen LogP contribution in [0.25, 0.3) is 0 Å². The molecule has 1 heterocycles. The van der Waals surface area contributed by atoms with E-state index in [9.17, 15) is 0 Å². The molecule has 0 aliphatic carbocycles. The van der Waals surface area contributed by atoms with Gasteiger partial charge in [0.2, 0.25) is 0 Å². The average Bonchev–Trinajstić information content (AvgIpc) is 2.93. The van der Waals surface area contributed by atoms with Gasteiger partial charge >= 0.3 is 0 Å². The molecule has 0 fully saturated rings. The second-order valence-corrected chi connectivity index (χ2v) is 5.83. The monoisotopic (exact) mass is 442 g/mol. The second-order valence-electron chi connectivity index (χ2n) is 5.83. The van der Waals surface area contributed by atoms with Crippen molar-refractivity contribution >= 4 is 35.6 Å². The van der Waals surface area contributed by atoms with E-state index in [2.05, 4.69) is 39.4 Å². The smallest absolute Gasteiger partial charge is 0.193 e. The van der Waals surface area contributed by atoms with Crippen LogP contribution < -0.4 is 11.1 Å². The fourth-order valence-corrected chi connectivity index (χ4v) is 2.42. The molecule has 1 atom stereocenters. The summed E-state index contributed by atoms with van der Waals surface area (Å²) in [6, 6.07) is 8.35. The van der Waals surface area contributed by atoms with Gasteiger partial charge in [-0.25, -0.2) is 0 Å². The summed E-state index contributed by atoms with van der Waals surface area (Å²) in [5, 5.41) is 7.38. The first-order chi connectivity index (χ1) is 11.0. The topological polar surface area (TPSA) is 71.5 Å². The van der Waals surface area contributed by atoms with Gasteiger partial charge in [-0.3, -0.25) is 9.67 Å². The highest BCUT2D eigenvalue weighted by molar-refractivity contribution is 14.0. The molecule has 1 aromatic carbocycles. The minimum absolute atomic E-state index is 0. The molecule has 0 saturated heterocycles. The van der Waals surface area contributed by atoms with E-state index in [0.29, 0.717) is 12.5 Å². The summed E-state index contributed by atoms with van der Waals surface area (Å²) in [5.74, 6) is 0.425. The maximum atomic E-state index is 6.03. The Hall–Kier alpha value is -1.61. The van der Waals surface area contributed by atoms with Crippen molar-refractivity contribution in [1.82, 2.24) is 14.7 Å². The van der Waals surface area contributed by atoms with Crippen LogP contribution in [0.2, 0.25) is 0 Å². The number of hydrogen-bond acceptors (Lipinski definition) is 3. The zero-order valence-corrected chi connectivity index (χ0v) is 17.1. The molecular weight excluding hydrogens is 415 g/mol. The Morgan fingerprint density at radius 2 is 2.17 bits per heavy atom. The molecule has 6 nitrogen and oxygen atoms in total. The molecule has 0 spiro atoms. The van der Waals surface area contributed by atoms with Crippen molar-refractivity contribution in [2.45, 2.75) is 19.4 Å². The number of aryl methyl sites for hydroxylation is 2. The molecule has 1 aromatic heterocycles. The van der Waals surface area contributed by atoms with Crippen LogP contribution >= 0.6 is 24.0 Å². The third-order valence-electron chi connectivity index (χ3n) is 3.78. The van der Waals surface area contributed by atoms with Crippen molar-refractivity contribution in [2.75, 3.05) is 26.0 Å². The van der Waals surface area contributed by atoms with Gasteiger partial charge in [0, 0.05) is 24.5 Å². The lowest BCUT2D eigenvalue weighted by atomic mass is 10.1. The molecule has 132 valence electrons. The maximum absolute atomic E-state index is 6.03. The number of hydrogen-bond donors (Lipinski definition) is 2. The van der Waals surface area contributed by atoms with Gasteiger partial charge in [-0.2, -0.15) is 5.10 Å². The molecule has 0 bridgehead atoms. The number of benzene rings is 1. The first-order valence-electron chi connectivity index (χ1n) is 7.80. The Bertz CT molecular complexity index is 665. The van der Waals surface area contributed by atoms with Crippen molar-refractivity contribution in [2.24, 2.45) is 17.8 Å². The molecular formula is C17H27IN6. The molecule has 0 aliphatic heterocycles.